The van der Waals surface area contributed by atoms with Crippen molar-refractivity contribution >= 4 is 0 Å². The molecule has 178 valence electrons. The molecule has 0 bridgehead atoms. The van der Waals surface area contributed by atoms with Crippen LogP contribution in [0.1, 0.15) is 142 Å². The SMILES string of the molecule is CC1C(C2CCCCC2)CC(C2CCCCC2)C(C2CCCCC2)C1C1CCCCC1. The lowest BCUT2D eigenvalue weighted by Gasteiger charge is -2.57. The first-order valence-electron chi connectivity index (χ1n) is 15.3. The monoisotopic (exact) mass is 426 g/mol. The fourth-order valence-corrected chi connectivity index (χ4v) is 10.3. The summed E-state index contributed by atoms with van der Waals surface area (Å²) < 4.78 is 0. The minimum Gasteiger partial charge on any atom is -0.0619 e. The quantitative estimate of drug-likeness (QED) is 0.419. The third-order valence-electron chi connectivity index (χ3n) is 11.7. The minimum atomic E-state index is 1.03. The summed E-state index contributed by atoms with van der Waals surface area (Å²) in [6.07, 6.45) is 32.9. The number of rotatable bonds is 4. The average Bonchev–Trinajstić information content (AvgIpc) is 2.86. The van der Waals surface area contributed by atoms with Crippen LogP contribution in [0.3, 0.4) is 0 Å². The fourth-order valence-electron chi connectivity index (χ4n) is 10.3. The first-order valence-corrected chi connectivity index (χ1v) is 15.3. The molecular formula is C31H54. The van der Waals surface area contributed by atoms with Gasteiger partial charge < -0.3 is 0 Å². The van der Waals surface area contributed by atoms with E-state index in [-0.39, 0.29) is 0 Å². The molecule has 5 unspecified atom stereocenters. The van der Waals surface area contributed by atoms with E-state index in [1.54, 1.807) is 109 Å². The zero-order valence-corrected chi connectivity index (χ0v) is 21.0. The highest BCUT2D eigenvalue weighted by Gasteiger charge is 2.51. The Morgan fingerprint density at radius 2 is 0.710 bits per heavy atom. The molecule has 0 aromatic carbocycles. The van der Waals surface area contributed by atoms with Gasteiger partial charge in [-0.2, -0.15) is 0 Å². The molecule has 5 rings (SSSR count). The lowest BCUT2D eigenvalue weighted by Crippen LogP contribution is -2.50. The van der Waals surface area contributed by atoms with Gasteiger partial charge in [0.2, 0.25) is 0 Å². The predicted molar refractivity (Wildman–Crippen MR) is 134 cm³/mol. The Hall–Kier alpha value is 0. The first kappa shape index (κ1) is 22.8. The van der Waals surface area contributed by atoms with Crippen molar-refractivity contribution in [1.29, 1.82) is 0 Å². The molecule has 0 aromatic rings. The van der Waals surface area contributed by atoms with Gasteiger partial charge in [0, 0.05) is 0 Å². The van der Waals surface area contributed by atoms with Crippen LogP contribution in [0.4, 0.5) is 0 Å². The van der Waals surface area contributed by atoms with Gasteiger partial charge >= 0.3 is 0 Å². The molecule has 5 atom stereocenters. The Bertz CT molecular complexity index is 512. The Balaban J connectivity index is 1.46. The summed E-state index contributed by atoms with van der Waals surface area (Å²) in [4.78, 5) is 0. The van der Waals surface area contributed by atoms with Gasteiger partial charge in [0.05, 0.1) is 0 Å². The lowest BCUT2D eigenvalue weighted by atomic mass is 9.48. The van der Waals surface area contributed by atoms with E-state index in [4.69, 9.17) is 0 Å². The van der Waals surface area contributed by atoms with Gasteiger partial charge in [0.1, 0.15) is 0 Å². The summed E-state index contributed by atoms with van der Waals surface area (Å²) >= 11 is 0. The van der Waals surface area contributed by atoms with Crippen molar-refractivity contribution in [2.45, 2.75) is 142 Å². The van der Waals surface area contributed by atoms with Crippen molar-refractivity contribution in [3.05, 3.63) is 0 Å². The van der Waals surface area contributed by atoms with Crippen molar-refractivity contribution in [2.75, 3.05) is 0 Å². The fraction of sp³-hybridized carbons (Fsp3) is 1.00. The van der Waals surface area contributed by atoms with Crippen LogP contribution in [-0.2, 0) is 0 Å². The molecule has 0 amide bonds. The summed E-state index contributed by atoms with van der Waals surface area (Å²) in [7, 11) is 0. The van der Waals surface area contributed by atoms with Crippen molar-refractivity contribution in [1.82, 2.24) is 0 Å². The van der Waals surface area contributed by atoms with E-state index < -0.39 is 0 Å². The second-order valence-corrected chi connectivity index (χ2v) is 13.2. The lowest BCUT2D eigenvalue weighted by molar-refractivity contribution is -0.0829. The molecule has 0 heteroatoms. The van der Waals surface area contributed by atoms with Gasteiger partial charge in [-0.05, 0) is 59.7 Å². The van der Waals surface area contributed by atoms with E-state index in [9.17, 15) is 0 Å². The minimum absolute atomic E-state index is 1.03. The maximum Gasteiger partial charge on any atom is -0.0321 e. The van der Waals surface area contributed by atoms with Crippen LogP contribution in [0.15, 0.2) is 0 Å². The topological polar surface area (TPSA) is 0 Å². The van der Waals surface area contributed by atoms with Crippen LogP contribution >= 0.6 is 0 Å². The van der Waals surface area contributed by atoms with E-state index in [2.05, 4.69) is 6.92 Å². The Kier molecular flexibility index (Phi) is 8.05. The average molecular weight is 427 g/mol. The highest BCUT2D eigenvalue weighted by molar-refractivity contribution is 5.00. The standard InChI is InChI=1S/C31H54/c1-23-28(24-14-6-2-7-15-24)22-29(25-16-8-3-9-17-25)31(27-20-12-5-13-21-27)30(23)26-18-10-4-11-19-26/h23-31H,2-22H2,1H3. The van der Waals surface area contributed by atoms with E-state index >= 15 is 0 Å². The molecule has 0 aromatic heterocycles. The molecule has 5 aliphatic carbocycles. The van der Waals surface area contributed by atoms with E-state index in [1.165, 1.54) is 25.7 Å². The molecule has 5 saturated carbocycles. The van der Waals surface area contributed by atoms with Crippen molar-refractivity contribution in [3.63, 3.8) is 0 Å². The van der Waals surface area contributed by atoms with Crippen molar-refractivity contribution in [3.8, 4) is 0 Å². The molecular weight excluding hydrogens is 372 g/mol. The molecule has 0 nitrogen and oxygen atoms in total. The van der Waals surface area contributed by atoms with E-state index in [1.807, 2.05) is 0 Å². The van der Waals surface area contributed by atoms with Crippen LogP contribution in [0.2, 0.25) is 0 Å². The Labute approximate surface area is 195 Å². The first-order chi connectivity index (χ1) is 15.3. The molecule has 5 aliphatic rings. The van der Waals surface area contributed by atoms with Crippen LogP contribution < -0.4 is 0 Å². The highest BCUT2D eigenvalue weighted by atomic mass is 14.6. The summed E-state index contributed by atoms with van der Waals surface area (Å²) in [6, 6.07) is 0. The van der Waals surface area contributed by atoms with Gasteiger partial charge in [-0.1, -0.05) is 135 Å². The van der Waals surface area contributed by atoms with Gasteiger partial charge in [0.15, 0.2) is 0 Å². The molecule has 0 N–H and O–H groups in total. The van der Waals surface area contributed by atoms with Gasteiger partial charge in [-0.25, -0.2) is 0 Å². The second-order valence-electron chi connectivity index (χ2n) is 13.2. The van der Waals surface area contributed by atoms with Crippen LogP contribution in [0, 0.1) is 53.3 Å². The molecule has 0 spiro atoms. The smallest absolute Gasteiger partial charge is 0.0321 e. The van der Waals surface area contributed by atoms with Crippen molar-refractivity contribution in [2.24, 2.45) is 53.3 Å². The molecule has 31 heavy (non-hydrogen) atoms. The maximum absolute atomic E-state index is 2.80. The van der Waals surface area contributed by atoms with Crippen molar-refractivity contribution < 1.29 is 0 Å². The normalized spacial score (nSPS) is 40.7. The van der Waals surface area contributed by atoms with E-state index in [0.717, 1.165) is 53.3 Å². The Morgan fingerprint density at radius 1 is 0.355 bits per heavy atom. The molecule has 0 radical (unpaired) electrons. The predicted octanol–water partition coefficient (Wildman–Crippen LogP) is 9.81. The Morgan fingerprint density at radius 3 is 1.16 bits per heavy atom. The summed E-state index contributed by atoms with van der Waals surface area (Å²) in [5.41, 5.74) is 0. The maximum atomic E-state index is 2.80. The zero-order valence-electron chi connectivity index (χ0n) is 21.0. The summed E-state index contributed by atoms with van der Waals surface area (Å²) in [5, 5.41) is 0. The van der Waals surface area contributed by atoms with Crippen LogP contribution in [0.5, 0.6) is 0 Å². The molecule has 0 saturated heterocycles. The largest absolute Gasteiger partial charge is 0.0619 e. The molecule has 0 heterocycles. The van der Waals surface area contributed by atoms with Gasteiger partial charge in [-0.15, -0.1) is 0 Å². The summed E-state index contributed by atoms with van der Waals surface area (Å²) in [5.74, 6) is 9.81. The number of hydrogen-bond donors (Lipinski definition) is 0. The third kappa shape index (κ3) is 5.09. The summed E-state index contributed by atoms with van der Waals surface area (Å²) in [6.45, 7) is 2.80. The third-order valence-corrected chi connectivity index (χ3v) is 11.7. The van der Waals surface area contributed by atoms with Crippen LogP contribution in [0.25, 0.3) is 0 Å². The zero-order chi connectivity index (χ0) is 21.0. The second kappa shape index (κ2) is 11.0. The van der Waals surface area contributed by atoms with Gasteiger partial charge in [0.25, 0.3) is 0 Å². The van der Waals surface area contributed by atoms with Gasteiger partial charge in [-0.3, -0.25) is 0 Å². The highest BCUT2D eigenvalue weighted by Crippen LogP contribution is 2.59. The van der Waals surface area contributed by atoms with E-state index in [0.29, 0.717) is 0 Å². The molecule has 0 aliphatic heterocycles. The van der Waals surface area contributed by atoms with Crippen LogP contribution in [-0.4, -0.2) is 0 Å². The molecule has 5 fully saturated rings. The number of hydrogen-bond acceptors (Lipinski definition) is 0.